The van der Waals surface area contributed by atoms with Crippen LogP contribution in [0.1, 0.15) is 26.7 Å². The van der Waals surface area contributed by atoms with Gasteiger partial charge in [-0.1, -0.05) is 0 Å². The molecule has 2 rings (SSSR count). The second kappa shape index (κ2) is 9.39. The number of urea groups is 1. The summed E-state index contributed by atoms with van der Waals surface area (Å²) >= 11 is 1.60. The van der Waals surface area contributed by atoms with Crippen LogP contribution >= 0.6 is 11.3 Å². The van der Waals surface area contributed by atoms with Crippen LogP contribution in [0.5, 0.6) is 0 Å². The Morgan fingerprint density at radius 2 is 2.00 bits per heavy atom. The molecule has 1 aromatic carbocycles. The van der Waals surface area contributed by atoms with Crippen LogP contribution in [0.3, 0.4) is 0 Å². The van der Waals surface area contributed by atoms with Gasteiger partial charge in [0, 0.05) is 35.4 Å². The van der Waals surface area contributed by atoms with Crippen molar-refractivity contribution in [2.24, 2.45) is 0 Å². The highest BCUT2D eigenvalue weighted by Crippen LogP contribution is 2.23. The predicted molar refractivity (Wildman–Crippen MR) is 102 cm³/mol. The predicted octanol–water partition coefficient (Wildman–Crippen LogP) is 4.05. The fourth-order valence-electron chi connectivity index (χ4n) is 2.18. The zero-order valence-corrected chi connectivity index (χ0v) is 15.4. The number of nitrogens with one attached hydrogen (secondary N) is 2. The van der Waals surface area contributed by atoms with E-state index >= 15 is 0 Å². The summed E-state index contributed by atoms with van der Waals surface area (Å²) in [4.78, 5) is 18.5. The SMILES string of the molecule is CC(C)N(C)CCCCNC(=O)Nc1ccc(-c2nccs2)cc1. The molecule has 24 heavy (non-hydrogen) atoms. The minimum atomic E-state index is -0.158. The largest absolute Gasteiger partial charge is 0.338 e. The summed E-state index contributed by atoms with van der Waals surface area (Å²) in [6.45, 7) is 6.12. The Labute approximate surface area is 148 Å². The number of amides is 2. The van der Waals surface area contributed by atoms with E-state index in [1.54, 1.807) is 17.5 Å². The number of hydrogen-bond acceptors (Lipinski definition) is 4. The molecule has 2 N–H and O–H groups in total. The molecule has 0 saturated heterocycles. The number of nitrogens with zero attached hydrogens (tertiary/aromatic N) is 2. The van der Waals surface area contributed by atoms with Gasteiger partial charge < -0.3 is 15.5 Å². The summed E-state index contributed by atoms with van der Waals surface area (Å²) in [7, 11) is 2.13. The number of carbonyl (C=O) groups is 1. The minimum Gasteiger partial charge on any atom is -0.338 e. The third kappa shape index (κ3) is 5.94. The maximum absolute atomic E-state index is 11.9. The van der Waals surface area contributed by atoms with Gasteiger partial charge in [0.1, 0.15) is 5.01 Å². The Balaban J connectivity index is 1.67. The molecule has 0 radical (unpaired) electrons. The average molecular weight is 347 g/mol. The van der Waals surface area contributed by atoms with Gasteiger partial charge in [-0.05, 0) is 64.5 Å². The first-order valence-corrected chi connectivity index (χ1v) is 9.19. The second-order valence-corrected chi connectivity index (χ2v) is 6.97. The van der Waals surface area contributed by atoms with E-state index in [0.29, 0.717) is 12.6 Å². The quantitative estimate of drug-likeness (QED) is 0.709. The van der Waals surface area contributed by atoms with Gasteiger partial charge in [0.05, 0.1) is 0 Å². The number of anilines is 1. The molecule has 0 aliphatic heterocycles. The first kappa shape index (κ1) is 18.4. The van der Waals surface area contributed by atoms with Crippen molar-refractivity contribution < 1.29 is 4.79 Å². The molecule has 0 saturated carbocycles. The van der Waals surface area contributed by atoms with E-state index in [9.17, 15) is 4.79 Å². The number of aromatic nitrogens is 1. The van der Waals surface area contributed by atoms with Gasteiger partial charge in [0.25, 0.3) is 0 Å². The number of thiazole rings is 1. The molecule has 0 unspecified atom stereocenters. The van der Waals surface area contributed by atoms with Crippen molar-refractivity contribution in [1.29, 1.82) is 0 Å². The zero-order valence-electron chi connectivity index (χ0n) is 14.6. The summed E-state index contributed by atoms with van der Waals surface area (Å²) in [5.74, 6) is 0. The molecule has 0 spiro atoms. The summed E-state index contributed by atoms with van der Waals surface area (Å²) < 4.78 is 0. The zero-order chi connectivity index (χ0) is 17.4. The standard InChI is InChI=1S/C18H26N4OS/c1-14(2)22(3)12-5-4-10-20-18(23)21-16-8-6-15(7-9-16)17-19-11-13-24-17/h6-9,11,13-14H,4-5,10,12H2,1-3H3,(H2,20,21,23). The molecule has 1 heterocycles. The Bertz CT molecular complexity index is 610. The fraction of sp³-hybridized carbons (Fsp3) is 0.444. The lowest BCUT2D eigenvalue weighted by atomic mass is 10.2. The second-order valence-electron chi connectivity index (χ2n) is 6.08. The molecular formula is C18H26N4OS. The van der Waals surface area contributed by atoms with E-state index in [1.807, 2.05) is 29.6 Å². The van der Waals surface area contributed by atoms with Crippen LogP contribution in [-0.2, 0) is 0 Å². The van der Waals surface area contributed by atoms with Gasteiger partial charge in [-0.25, -0.2) is 9.78 Å². The van der Waals surface area contributed by atoms with E-state index in [0.717, 1.165) is 35.6 Å². The maximum atomic E-state index is 11.9. The molecule has 2 amide bonds. The van der Waals surface area contributed by atoms with Crippen LogP contribution in [0.4, 0.5) is 10.5 Å². The molecule has 1 aromatic heterocycles. The van der Waals surface area contributed by atoms with E-state index in [-0.39, 0.29) is 6.03 Å². The highest BCUT2D eigenvalue weighted by molar-refractivity contribution is 7.13. The van der Waals surface area contributed by atoms with Crippen molar-refractivity contribution >= 4 is 23.1 Å². The lowest BCUT2D eigenvalue weighted by Gasteiger charge is -2.20. The third-order valence-electron chi connectivity index (χ3n) is 3.93. The van der Waals surface area contributed by atoms with E-state index < -0.39 is 0 Å². The van der Waals surface area contributed by atoms with Gasteiger partial charge >= 0.3 is 6.03 Å². The monoisotopic (exact) mass is 346 g/mol. The molecule has 2 aromatic rings. The molecule has 0 atom stereocenters. The van der Waals surface area contributed by atoms with Crippen molar-refractivity contribution in [2.45, 2.75) is 32.7 Å². The van der Waals surface area contributed by atoms with Crippen LogP contribution in [-0.4, -0.2) is 42.1 Å². The Hall–Kier alpha value is -1.92. The van der Waals surface area contributed by atoms with Crippen molar-refractivity contribution in [2.75, 3.05) is 25.5 Å². The van der Waals surface area contributed by atoms with Crippen LogP contribution in [0.15, 0.2) is 35.8 Å². The summed E-state index contributed by atoms with van der Waals surface area (Å²) in [5.41, 5.74) is 1.84. The Kier molecular flexibility index (Phi) is 7.21. The van der Waals surface area contributed by atoms with E-state index in [4.69, 9.17) is 0 Å². The third-order valence-corrected chi connectivity index (χ3v) is 4.75. The average Bonchev–Trinajstić information content (AvgIpc) is 3.09. The summed E-state index contributed by atoms with van der Waals surface area (Å²) in [6, 6.07) is 8.14. The number of hydrogen-bond donors (Lipinski definition) is 2. The number of carbonyl (C=O) groups excluding carboxylic acids is 1. The van der Waals surface area contributed by atoms with E-state index in [1.165, 1.54) is 0 Å². The van der Waals surface area contributed by atoms with Crippen LogP contribution in [0.2, 0.25) is 0 Å². The first-order valence-electron chi connectivity index (χ1n) is 8.31. The Morgan fingerprint density at radius 3 is 2.62 bits per heavy atom. The van der Waals surface area contributed by atoms with Gasteiger partial charge in [-0.3, -0.25) is 0 Å². The topological polar surface area (TPSA) is 57.3 Å². The molecule has 0 fully saturated rings. The van der Waals surface area contributed by atoms with Crippen LogP contribution in [0.25, 0.3) is 10.6 Å². The number of benzene rings is 1. The van der Waals surface area contributed by atoms with Crippen molar-refractivity contribution in [3.05, 3.63) is 35.8 Å². The Morgan fingerprint density at radius 1 is 1.25 bits per heavy atom. The molecule has 130 valence electrons. The molecule has 5 nitrogen and oxygen atoms in total. The summed E-state index contributed by atoms with van der Waals surface area (Å²) in [5, 5.41) is 8.69. The van der Waals surface area contributed by atoms with Gasteiger partial charge in [-0.15, -0.1) is 11.3 Å². The number of rotatable bonds is 8. The summed E-state index contributed by atoms with van der Waals surface area (Å²) in [6.07, 6.45) is 3.85. The van der Waals surface area contributed by atoms with Gasteiger partial charge in [-0.2, -0.15) is 0 Å². The molecule has 0 aliphatic rings. The molecular weight excluding hydrogens is 320 g/mol. The van der Waals surface area contributed by atoms with E-state index in [2.05, 4.69) is 41.4 Å². The first-order chi connectivity index (χ1) is 11.6. The van der Waals surface area contributed by atoms with Crippen LogP contribution in [0, 0.1) is 0 Å². The molecule has 0 aliphatic carbocycles. The minimum absolute atomic E-state index is 0.158. The van der Waals surface area contributed by atoms with Gasteiger partial charge in [0.2, 0.25) is 0 Å². The lowest BCUT2D eigenvalue weighted by Crippen LogP contribution is -2.31. The van der Waals surface area contributed by atoms with Gasteiger partial charge in [0.15, 0.2) is 0 Å². The highest BCUT2D eigenvalue weighted by atomic mass is 32.1. The highest BCUT2D eigenvalue weighted by Gasteiger charge is 2.04. The normalized spacial score (nSPS) is 11.0. The number of unbranched alkanes of at least 4 members (excludes halogenated alkanes) is 1. The maximum Gasteiger partial charge on any atom is 0.319 e. The fourth-order valence-corrected chi connectivity index (χ4v) is 2.83. The van der Waals surface area contributed by atoms with Crippen molar-refractivity contribution in [1.82, 2.24) is 15.2 Å². The molecule has 6 heteroatoms. The van der Waals surface area contributed by atoms with Crippen LogP contribution < -0.4 is 10.6 Å². The van der Waals surface area contributed by atoms with Crippen molar-refractivity contribution in [3.63, 3.8) is 0 Å². The van der Waals surface area contributed by atoms with Crippen molar-refractivity contribution in [3.8, 4) is 10.6 Å². The smallest absolute Gasteiger partial charge is 0.319 e. The lowest BCUT2D eigenvalue weighted by molar-refractivity contribution is 0.250. The molecule has 0 bridgehead atoms.